The maximum absolute atomic E-state index is 11.7. The van der Waals surface area contributed by atoms with Crippen LogP contribution in [-0.4, -0.2) is 18.8 Å². The molecule has 0 amide bonds. The van der Waals surface area contributed by atoms with Crippen LogP contribution in [0.15, 0.2) is 65.5 Å². The van der Waals surface area contributed by atoms with Gasteiger partial charge in [0.1, 0.15) is 12.4 Å². The standard InChI is InChI=1S/C21H23NO4/c1-5-19(21(23)24-4)26-20-13-18(12-11-15(20)2)16(3)22-25-14-17-9-7-6-8-10-17/h5-13H,14H2,1-4H3. The average Bonchev–Trinajstić information content (AvgIpc) is 2.67. The number of hydrogen-bond donors (Lipinski definition) is 0. The molecule has 0 atom stereocenters. The second-order valence-electron chi connectivity index (χ2n) is 5.66. The van der Waals surface area contributed by atoms with E-state index in [1.165, 1.54) is 7.11 Å². The number of carbonyl (C=O) groups excluding carboxylic acids is 1. The Morgan fingerprint density at radius 2 is 1.88 bits per heavy atom. The Bertz CT molecular complexity index is 810. The SMILES string of the molecule is CC=C(Oc1cc(C(C)=NOCc2ccccc2)ccc1C)C(=O)OC. The summed E-state index contributed by atoms with van der Waals surface area (Å²) in [5, 5.41) is 4.17. The molecule has 136 valence electrons. The lowest BCUT2D eigenvalue weighted by atomic mass is 10.1. The molecule has 2 aromatic carbocycles. The van der Waals surface area contributed by atoms with E-state index in [1.807, 2.05) is 62.4 Å². The van der Waals surface area contributed by atoms with Crippen molar-refractivity contribution < 1.29 is 19.1 Å². The number of esters is 1. The van der Waals surface area contributed by atoms with E-state index in [0.717, 1.165) is 16.7 Å². The van der Waals surface area contributed by atoms with Gasteiger partial charge in [0, 0.05) is 5.56 Å². The van der Waals surface area contributed by atoms with Crippen molar-refractivity contribution in [2.45, 2.75) is 27.4 Å². The number of ether oxygens (including phenoxy) is 2. The Balaban J connectivity index is 2.12. The third-order valence-corrected chi connectivity index (χ3v) is 3.75. The average molecular weight is 353 g/mol. The lowest BCUT2D eigenvalue weighted by Crippen LogP contribution is -2.11. The highest BCUT2D eigenvalue weighted by atomic mass is 16.6. The third kappa shape index (κ3) is 5.21. The van der Waals surface area contributed by atoms with Crippen LogP contribution in [0, 0.1) is 6.92 Å². The van der Waals surface area contributed by atoms with E-state index in [0.29, 0.717) is 18.1 Å². The smallest absolute Gasteiger partial charge is 0.373 e. The summed E-state index contributed by atoms with van der Waals surface area (Å²) in [5.74, 6) is 0.190. The van der Waals surface area contributed by atoms with Crippen LogP contribution in [-0.2, 0) is 21.0 Å². The van der Waals surface area contributed by atoms with E-state index in [9.17, 15) is 4.79 Å². The molecule has 0 aliphatic carbocycles. The number of methoxy groups -OCH3 is 1. The molecule has 5 nitrogen and oxygen atoms in total. The zero-order valence-corrected chi connectivity index (χ0v) is 15.5. The molecule has 0 N–H and O–H groups in total. The zero-order valence-electron chi connectivity index (χ0n) is 15.5. The normalized spacial score (nSPS) is 11.8. The van der Waals surface area contributed by atoms with Crippen LogP contribution in [0.25, 0.3) is 0 Å². The minimum atomic E-state index is -0.520. The zero-order chi connectivity index (χ0) is 18.9. The van der Waals surface area contributed by atoms with E-state index >= 15 is 0 Å². The first-order chi connectivity index (χ1) is 12.5. The molecule has 0 bridgehead atoms. The molecule has 0 radical (unpaired) electrons. The summed E-state index contributed by atoms with van der Waals surface area (Å²) < 4.78 is 10.4. The molecule has 2 rings (SSSR count). The minimum Gasteiger partial charge on any atom is -0.463 e. The molecule has 0 fully saturated rings. The Morgan fingerprint density at radius 3 is 2.54 bits per heavy atom. The van der Waals surface area contributed by atoms with Gasteiger partial charge in [0.25, 0.3) is 0 Å². The number of hydrogen-bond acceptors (Lipinski definition) is 5. The Labute approximate surface area is 153 Å². The first kappa shape index (κ1) is 19.2. The van der Waals surface area contributed by atoms with Crippen molar-refractivity contribution in [3.63, 3.8) is 0 Å². The van der Waals surface area contributed by atoms with Gasteiger partial charge in [0.15, 0.2) is 0 Å². The van der Waals surface area contributed by atoms with Gasteiger partial charge in [-0.15, -0.1) is 0 Å². The number of allylic oxidation sites excluding steroid dienone is 1. The number of rotatable bonds is 7. The van der Waals surface area contributed by atoms with Crippen molar-refractivity contribution in [3.8, 4) is 5.75 Å². The predicted molar refractivity (Wildman–Crippen MR) is 101 cm³/mol. The van der Waals surface area contributed by atoms with Crippen molar-refractivity contribution in [1.82, 2.24) is 0 Å². The summed E-state index contributed by atoms with van der Waals surface area (Å²) in [4.78, 5) is 17.1. The fourth-order valence-electron chi connectivity index (χ4n) is 2.20. The van der Waals surface area contributed by atoms with Gasteiger partial charge < -0.3 is 14.3 Å². The highest BCUT2D eigenvalue weighted by molar-refractivity contribution is 5.98. The van der Waals surface area contributed by atoms with Crippen LogP contribution >= 0.6 is 0 Å². The van der Waals surface area contributed by atoms with Crippen molar-refractivity contribution in [2.24, 2.45) is 5.16 Å². The van der Waals surface area contributed by atoms with Crippen molar-refractivity contribution in [3.05, 3.63) is 77.1 Å². The van der Waals surface area contributed by atoms with Gasteiger partial charge >= 0.3 is 5.97 Å². The monoisotopic (exact) mass is 353 g/mol. The molecule has 0 aliphatic heterocycles. The molecule has 0 aromatic heterocycles. The maximum Gasteiger partial charge on any atom is 0.373 e. The molecule has 2 aromatic rings. The lowest BCUT2D eigenvalue weighted by Gasteiger charge is -2.12. The second kappa shape index (κ2) is 9.42. The highest BCUT2D eigenvalue weighted by Crippen LogP contribution is 2.23. The van der Waals surface area contributed by atoms with Crippen LogP contribution < -0.4 is 4.74 Å². The fraction of sp³-hybridized carbons (Fsp3) is 0.238. The molecular formula is C21H23NO4. The summed E-state index contributed by atoms with van der Waals surface area (Å²) in [6.45, 7) is 5.88. The van der Waals surface area contributed by atoms with Crippen LogP contribution in [0.4, 0.5) is 0 Å². The molecule has 0 unspecified atom stereocenters. The van der Waals surface area contributed by atoms with Crippen LogP contribution in [0.2, 0.25) is 0 Å². The number of nitrogens with zero attached hydrogens (tertiary/aromatic N) is 1. The summed E-state index contributed by atoms with van der Waals surface area (Å²) in [5.41, 5.74) is 3.51. The van der Waals surface area contributed by atoms with Gasteiger partial charge in [-0.1, -0.05) is 47.6 Å². The summed E-state index contributed by atoms with van der Waals surface area (Å²) in [7, 11) is 1.32. The second-order valence-corrected chi connectivity index (χ2v) is 5.66. The first-order valence-corrected chi connectivity index (χ1v) is 8.29. The molecule has 5 heteroatoms. The van der Waals surface area contributed by atoms with Gasteiger partial charge in [-0.3, -0.25) is 0 Å². The fourth-order valence-corrected chi connectivity index (χ4v) is 2.20. The number of aryl methyl sites for hydroxylation is 1. The number of carbonyl (C=O) groups is 1. The Hall–Kier alpha value is -3.08. The van der Waals surface area contributed by atoms with Crippen LogP contribution in [0.3, 0.4) is 0 Å². The molecule has 0 aliphatic rings. The molecule has 0 heterocycles. The van der Waals surface area contributed by atoms with Crippen LogP contribution in [0.1, 0.15) is 30.5 Å². The van der Waals surface area contributed by atoms with Crippen molar-refractivity contribution in [2.75, 3.05) is 7.11 Å². The Morgan fingerprint density at radius 1 is 1.15 bits per heavy atom. The number of benzene rings is 2. The minimum absolute atomic E-state index is 0.141. The largest absolute Gasteiger partial charge is 0.463 e. The summed E-state index contributed by atoms with van der Waals surface area (Å²) in [6, 6.07) is 15.5. The lowest BCUT2D eigenvalue weighted by molar-refractivity contribution is -0.138. The topological polar surface area (TPSA) is 57.1 Å². The van der Waals surface area contributed by atoms with Gasteiger partial charge in [-0.25, -0.2) is 4.79 Å². The van der Waals surface area contributed by atoms with Crippen molar-refractivity contribution >= 4 is 11.7 Å². The number of oxime groups is 1. The van der Waals surface area contributed by atoms with Gasteiger partial charge in [0.05, 0.1) is 12.8 Å². The molecular weight excluding hydrogens is 330 g/mol. The van der Waals surface area contributed by atoms with Crippen LogP contribution in [0.5, 0.6) is 5.75 Å². The van der Waals surface area contributed by atoms with E-state index in [4.69, 9.17) is 14.3 Å². The first-order valence-electron chi connectivity index (χ1n) is 8.29. The van der Waals surface area contributed by atoms with Gasteiger partial charge in [0.2, 0.25) is 5.76 Å². The van der Waals surface area contributed by atoms with E-state index in [1.54, 1.807) is 13.0 Å². The molecule has 26 heavy (non-hydrogen) atoms. The van der Waals surface area contributed by atoms with E-state index in [2.05, 4.69) is 5.16 Å². The molecule has 0 spiro atoms. The third-order valence-electron chi connectivity index (χ3n) is 3.75. The van der Waals surface area contributed by atoms with Crippen molar-refractivity contribution in [1.29, 1.82) is 0 Å². The Kier molecular flexibility index (Phi) is 6.97. The summed E-state index contributed by atoms with van der Waals surface area (Å²) >= 11 is 0. The summed E-state index contributed by atoms with van der Waals surface area (Å²) in [6.07, 6.45) is 1.57. The highest BCUT2D eigenvalue weighted by Gasteiger charge is 2.13. The predicted octanol–water partition coefficient (Wildman–Crippen LogP) is 4.39. The van der Waals surface area contributed by atoms with E-state index in [-0.39, 0.29) is 5.76 Å². The van der Waals surface area contributed by atoms with Gasteiger partial charge in [-0.2, -0.15) is 0 Å². The van der Waals surface area contributed by atoms with E-state index < -0.39 is 5.97 Å². The molecule has 0 saturated carbocycles. The molecule has 0 saturated heterocycles. The quantitative estimate of drug-likeness (QED) is 0.243. The maximum atomic E-state index is 11.7. The van der Waals surface area contributed by atoms with Gasteiger partial charge in [-0.05, 0) is 44.0 Å².